The van der Waals surface area contributed by atoms with Crippen LogP contribution in [0.3, 0.4) is 0 Å². The molecule has 0 bridgehead atoms. The quantitative estimate of drug-likeness (QED) is 0.147. The molecule has 37 heavy (non-hydrogen) atoms. The van der Waals surface area contributed by atoms with E-state index < -0.39 is 51.3 Å². The van der Waals surface area contributed by atoms with E-state index in [1.165, 1.54) is 32.0 Å². The van der Waals surface area contributed by atoms with Crippen molar-refractivity contribution in [2.75, 3.05) is 16.6 Å². The van der Waals surface area contributed by atoms with Gasteiger partial charge in [-0.3, -0.25) is 4.72 Å². The molecule has 0 saturated heterocycles. The minimum Gasteiger partial charge on any atom is -0.744 e. The Balaban J connectivity index is 0.00000648. The largest absolute Gasteiger partial charge is 1.00 e. The van der Waals surface area contributed by atoms with Crippen molar-refractivity contribution in [3.8, 4) is 0 Å². The van der Waals surface area contributed by atoms with Crippen LogP contribution in [-0.4, -0.2) is 52.2 Å². The molecular formula is C20H23N3Na2O9S3. The molecule has 17 heteroatoms. The van der Waals surface area contributed by atoms with Crippen LogP contribution in [0.5, 0.6) is 0 Å². The Morgan fingerprint density at radius 2 is 1.27 bits per heavy atom. The molecule has 0 fully saturated rings. The molecule has 0 heterocycles. The summed E-state index contributed by atoms with van der Waals surface area (Å²) >= 11 is 0. The average Bonchev–Trinajstić information content (AvgIpc) is 2.71. The van der Waals surface area contributed by atoms with Crippen molar-refractivity contribution in [1.82, 2.24) is 5.32 Å². The monoisotopic (exact) mass is 591 g/mol. The third-order valence-electron chi connectivity index (χ3n) is 4.48. The fourth-order valence-corrected chi connectivity index (χ4v) is 4.80. The first-order valence-corrected chi connectivity index (χ1v) is 14.4. The van der Waals surface area contributed by atoms with E-state index in [9.17, 15) is 39.2 Å². The first-order valence-electron chi connectivity index (χ1n) is 9.99. The molecule has 0 aliphatic rings. The predicted octanol–water partition coefficient (Wildman–Crippen LogP) is -4.04. The van der Waals surface area contributed by atoms with Gasteiger partial charge in [-0.05, 0) is 56.2 Å². The summed E-state index contributed by atoms with van der Waals surface area (Å²) in [7, 11) is -13.9. The van der Waals surface area contributed by atoms with Crippen LogP contribution in [0, 0.1) is 0 Å². The number of sulfonamides is 1. The van der Waals surface area contributed by atoms with Gasteiger partial charge in [-0.2, -0.15) is 0 Å². The summed E-state index contributed by atoms with van der Waals surface area (Å²) in [4.78, 5) is 10.2. The van der Waals surface area contributed by atoms with Crippen molar-refractivity contribution in [3.05, 3.63) is 47.5 Å². The summed E-state index contributed by atoms with van der Waals surface area (Å²) < 4.78 is 96.9. The minimum absolute atomic E-state index is 0. The average molecular weight is 592 g/mol. The Labute approximate surface area is 260 Å². The van der Waals surface area contributed by atoms with Crippen LogP contribution in [0.1, 0.15) is 31.9 Å². The number of anilines is 2. The van der Waals surface area contributed by atoms with Crippen LogP contribution in [0.15, 0.2) is 46.2 Å². The summed E-state index contributed by atoms with van der Waals surface area (Å²) in [6.45, 7) is 4.79. The van der Waals surface area contributed by atoms with E-state index in [1.807, 2.05) is 0 Å². The van der Waals surface area contributed by atoms with Gasteiger partial charge in [0.1, 0.15) is 20.2 Å². The topological polar surface area (TPSA) is 202 Å². The van der Waals surface area contributed by atoms with Gasteiger partial charge in [-0.1, -0.05) is 24.3 Å². The normalized spacial score (nSPS) is 11.9. The zero-order valence-corrected chi connectivity index (χ0v) is 27.3. The molecule has 2 amide bonds. The second-order valence-corrected chi connectivity index (χ2v) is 12.4. The number of nitrogens with one attached hydrogen (secondary N) is 3. The number of urea groups is 1. The molecule has 2 aromatic carbocycles. The molecule has 2 aromatic rings. The van der Waals surface area contributed by atoms with Crippen molar-refractivity contribution >= 4 is 59.8 Å². The fraction of sp³-hybridized carbons (Fsp3) is 0.250. The van der Waals surface area contributed by atoms with E-state index in [0.29, 0.717) is 6.54 Å². The van der Waals surface area contributed by atoms with Gasteiger partial charge in [0.25, 0.3) is 0 Å². The van der Waals surface area contributed by atoms with Gasteiger partial charge in [-0.25, -0.2) is 30.0 Å². The van der Waals surface area contributed by atoms with Gasteiger partial charge in [0.05, 0.1) is 15.0 Å². The smallest absolute Gasteiger partial charge is 0.744 e. The SMILES string of the molecule is CCNC(=O)Nc1ccc(/C=C/c2ccc(NS(=O)(=O)C(C)C)cc2S(=O)(=O)[O-])c(S(=O)(=O)[O-])c1.[Na+].[Na+]. The van der Waals surface area contributed by atoms with Crippen LogP contribution in [0.4, 0.5) is 16.2 Å². The third-order valence-corrected chi connectivity index (χ3v) is 8.03. The second-order valence-electron chi connectivity index (χ2n) is 7.43. The number of carbonyl (C=O) groups is 1. The van der Waals surface area contributed by atoms with Crippen LogP contribution in [0.2, 0.25) is 0 Å². The molecule has 0 unspecified atom stereocenters. The van der Waals surface area contributed by atoms with Gasteiger partial charge in [0, 0.05) is 17.9 Å². The molecule has 0 saturated carbocycles. The number of hydrogen-bond donors (Lipinski definition) is 3. The van der Waals surface area contributed by atoms with Gasteiger partial charge in [0.15, 0.2) is 0 Å². The molecule has 3 N–H and O–H groups in total. The predicted molar refractivity (Wildman–Crippen MR) is 128 cm³/mol. The molecule has 0 radical (unpaired) electrons. The molecule has 0 spiro atoms. The van der Waals surface area contributed by atoms with Gasteiger partial charge in [-0.15, -0.1) is 0 Å². The Kier molecular flexibility index (Phi) is 14.0. The van der Waals surface area contributed by atoms with Crippen molar-refractivity contribution in [2.45, 2.75) is 35.8 Å². The van der Waals surface area contributed by atoms with Crippen LogP contribution >= 0.6 is 0 Å². The summed E-state index contributed by atoms with van der Waals surface area (Å²) in [5.41, 5.74) is -0.451. The first kappa shape index (κ1) is 36.0. The molecule has 0 aliphatic carbocycles. The van der Waals surface area contributed by atoms with Crippen molar-refractivity contribution in [1.29, 1.82) is 0 Å². The number of rotatable bonds is 9. The molecule has 192 valence electrons. The van der Waals surface area contributed by atoms with E-state index in [-0.39, 0.29) is 81.6 Å². The maximum atomic E-state index is 12.0. The standard InChI is InChI=1S/C20H25N3O9S3.2Na/c1-4-21-20(24)22-16-9-7-14(18(11-16)34(27,28)29)5-6-15-8-10-17(12-19(15)35(30,31)32)23-33(25,26)13(2)3;;/h5-13,23H,4H2,1-3H3,(H2,21,22,24)(H,27,28,29)(H,30,31,32);;/q;2*+1/p-2/b6-5+;;. The zero-order valence-electron chi connectivity index (χ0n) is 20.8. The Morgan fingerprint density at radius 1 is 0.838 bits per heavy atom. The van der Waals surface area contributed by atoms with E-state index in [4.69, 9.17) is 0 Å². The van der Waals surface area contributed by atoms with Gasteiger partial charge >= 0.3 is 65.1 Å². The summed E-state index contributed by atoms with van der Waals surface area (Å²) in [5, 5.41) is 3.97. The van der Waals surface area contributed by atoms with Crippen molar-refractivity contribution in [2.24, 2.45) is 0 Å². The van der Waals surface area contributed by atoms with Gasteiger partial charge in [0.2, 0.25) is 10.0 Å². The van der Waals surface area contributed by atoms with E-state index in [2.05, 4.69) is 15.4 Å². The number of benzene rings is 2. The molecule has 0 aliphatic heterocycles. The summed E-state index contributed by atoms with van der Waals surface area (Å²) in [6.07, 6.45) is 2.19. The molecule has 0 atom stereocenters. The molecule has 2 rings (SSSR count). The number of amides is 2. The summed E-state index contributed by atoms with van der Waals surface area (Å²) in [5.74, 6) is 0. The molecule has 12 nitrogen and oxygen atoms in total. The van der Waals surface area contributed by atoms with Gasteiger partial charge < -0.3 is 19.7 Å². The molecule has 0 aromatic heterocycles. The number of carbonyl (C=O) groups excluding carboxylic acids is 1. The van der Waals surface area contributed by atoms with Crippen LogP contribution < -0.4 is 74.5 Å². The Bertz CT molecular complexity index is 1480. The summed E-state index contributed by atoms with van der Waals surface area (Å²) in [6, 6.07) is 6.05. The van der Waals surface area contributed by atoms with E-state index in [0.717, 1.165) is 30.4 Å². The minimum atomic E-state index is -5.07. The van der Waals surface area contributed by atoms with Crippen molar-refractivity contribution < 1.29 is 98.3 Å². The Morgan fingerprint density at radius 3 is 1.68 bits per heavy atom. The van der Waals surface area contributed by atoms with E-state index in [1.54, 1.807) is 6.92 Å². The first-order chi connectivity index (χ1) is 16.0. The third kappa shape index (κ3) is 10.6. The van der Waals surface area contributed by atoms with Crippen LogP contribution in [0.25, 0.3) is 12.2 Å². The van der Waals surface area contributed by atoms with Crippen LogP contribution in [-0.2, 0) is 30.3 Å². The zero-order chi connectivity index (χ0) is 26.6. The number of hydrogen-bond acceptors (Lipinski definition) is 9. The fourth-order valence-electron chi connectivity index (χ4n) is 2.72. The second kappa shape index (κ2) is 14.4. The van der Waals surface area contributed by atoms with E-state index >= 15 is 0 Å². The molecular weight excluding hydrogens is 568 g/mol. The Hall–Kier alpha value is -0.980. The maximum absolute atomic E-state index is 12.0. The van der Waals surface area contributed by atoms with Crippen molar-refractivity contribution in [3.63, 3.8) is 0 Å². The maximum Gasteiger partial charge on any atom is 1.00 e.